The number of hydrogen-bond acceptors (Lipinski definition) is 3. The van der Waals surface area contributed by atoms with Gasteiger partial charge in [-0.25, -0.2) is 13.1 Å². The predicted molar refractivity (Wildman–Crippen MR) is 75.8 cm³/mol. The summed E-state index contributed by atoms with van der Waals surface area (Å²) in [4.78, 5) is 0.0471. The third-order valence-electron chi connectivity index (χ3n) is 2.87. The molecule has 7 heteroatoms. The van der Waals surface area contributed by atoms with Crippen molar-refractivity contribution >= 4 is 31.3 Å². The second-order valence-corrected chi connectivity index (χ2v) is 7.19. The Morgan fingerprint density at radius 3 is 2.32 bits per heavy atom. The summed E-state index contributed by atoms with van der Waals surface area (Å²) < 4.78 is 24.6. The lowest BCUT2D eigenvalue weighted by atomic mass is 10.2. The number of hydrogen-bond donors (Lipinski definition) is 0. The van der Waals surface area contributed by atoms with Crippen LogP contribution in [0.3, 0.4) is 0 Å². The van der Waals surface area contributed by atoms with E-state index in [1.54, 1.807) is 19.9 Å². The first-order valence-corrected chi connectivity index (χ1v) is 8.18. The Kier molecular flexibility index (Phi) is 3.64. The van der Waals surface area contributed by atoms with Crippen molar-refractivity contribution in [1.82, 2.24) is 9.78 Å². The Morgan fingerprint density at radius 1 is 1.21 bits per heavy atom. The summed E-state index contributed by atoms with van der Waals surface area (Å²) in [6.45, 7) is 5.15. The molecule has 1 aromatic heterocycles. The maximum absolute atomic E-state index is 11.5. The van der Waals surface area contributed by atoms with Crippen LogP contribution in [0.15, 0.2) is 23.1 Å². The van der Waals surface area contributed by atoms with E-state index in [0.29, 0.717) is 22.1 Å². The first kappa shape index (κ1) is 14.4. The molecule has 0 aliphatic heterocycles. The average Bonchev–Trinajstić information content (AvgIpc) is 2.57. The Hall–Kier alpha value is -1.04. The highest BCUT2D eigenvalue weighted by molar-refractivity contribution is 8.13. The quantitative estimate of drug-likeness (QED) is 0.797. The third-order valence-corrected chi connectivity index (χ3v) is 4.82. The van der Waals surface area contributed by atoms with Gasteiger partial charge in [0.15, 0.2) is 0 Å². The van der Waals surface area contributed by atoms with Gasteiger partial charge in [0.1, 0.15) is 4.90 Å². The fourth-order valence-electron chi connectivity index (χ4n) is 1.95. The van der Waals surface area contributed by atoms with Crippen LogP contribution >= 0.6 is 22.3 Å². The molecule has 19 heavy (non-hydrogen) atoms. The highest BCUT2D eigenvalue weighted by Gasteiger charge is 2.23. The zero-order valence-corrected chi connectivity index (χ0v) is 12.9. The summed E-state index contributed by atoms with van der Waals surface area (Å²) >= 11 is 6.07. The van der Waals surface area contributed by atoms with Crippen LogP contribution in [0.1, 0.15) is 17.0 Å². The van der Waals surface area contributed by atoms with Gasteiger partial charge in [-0.05, 0) is 38.5 Å². The van der Waals surface area contributed by atoms with Gasteiger partial charge in [0.25, 0.3) is 9.05 Å². The van der Waals surface area contributed by atoms with E-state index in [-0.39, 0.29) is 4.90 Å². The molecule has 4 nitrogen and oxygen atoms in total. The van der Waals surface area contributed by atoms with Crippen LogP contribution in [-0.4, -0.2) is 18.2 Å². The van der Waals surface area contributed by atoms with Gasteiger partial charge < -0.3 is 0 Å². The molecule has 0 saturated heterocycles. The fourth-order valence-corrected chi connectivity index (χ4v) is 3.62. The minimum Gasteiger partial charge on any atom is -0.236 e. The van der Waals surface area contributed by atoms with Gasteiger partial charge in [-0.1, -0.05) is 17.7 Å². The molecule has 0 unspecified atom stereocenters. The molecular formula is C12H12Cl2N2O2S. The first-order valence-electron chi connectivity index (χ1n) is 5.49. The largest absolute Gasteiger partial charge is 0.264 e. The van der Waals surface area contributed by atoms with Gasteiger partial charge in [-0.2, -0.15) is 5.10 Å². The molecule has 0 atom stereocenters. The van der Waals surface area contributed by atoms with Crippen LogP contribution in [0, 0.1) is 20.8 Å². The number of rotatable bonds is 2. The van der Waals surface area contributed by atoms with Gasteiger partial charge >= 0.3 is 0 Å². The van der Waals surface area contributed by atoms with Gasteiger partial charge in [0, 0.05) is 15.7 Å². The minimum absolute atomic E-state index is 0.0471. The average molecular weight is 319 g/mol. The molecule has 0 fully saturated rings. The number of halogens is 2. The van der Waals surface area contributed by atoms with E-state index in [1.807, 2.05) is 19.1 Å². The van der Waals surface area contributed by atoms with Crippen molar-refractivity contribution in [2.45, 2.75) is 25.7 Å². The lowest BCUT2D eigenvalue weighted by Crippen LogP contribution is -2.00. The zero-order chi connectivity index (χ0) is 14.4. The van der Waals surface area contributed by atoms with Crippen LogP contribution < -0.4 is 0 Å². The molecular weight excluding hydrogens is 307 g/mol. The third kappa shape index (κ3) is 2.63. The molecule has 0 radical (unpaired) electrons. The van der Waals surface area contributed by atoms with Crippen LogP contribution in [-0.2, 0) is 9.05 Å². The zero-order valence-electron chi connectivity index (χ0n) is 10.6. The molecule has 102 valence electrons. The predicted octanol–water partition coefficient (Wildman–Crippen LogP) is 3.38. The van der Waals surface area contributed by atoms with Gasteiger partial charge in [0.05, 0.1) is 17.1 Å². The summed E-state index contributed by atoms with van der Waals surface area (Å²) in [5.74, 6) is 0. The van der Waals surface area contributed by atoms with Crippen LogP contribution in [0.5, 0.6) is 0 Å². The van der Waals surface area contributed by atoms with Gasteiger partial charge in [-0.3, -0.25) is 0 Å². The van der Waals surface area contributed by atoms with Crippen LogP contribution in [0.4, 0.5) is 0 Å². The van der Waals surface area contributed by atoms with Crippen molar-refractivity contribution in [2.24, 2.45) is 0 Å². The highest BCUT2D eigenvalue weighted by Crippen LogP contribution is 2.27. The Labute approximate surface area is 121 Å². The van der Waals surface area contributed by atoms with Crippen LogP contribution in [0.25, 0.3) is 5.69 Å². The Bertz CT molecular complexity index is 751. The Balaban J connectivity index is 2.68. The highest BCUT2D eigenvalue weighted by atomic mass is 35.7. The summed E-state index contributed by atoms with van der Waals surface area (Å²) in [6, 6.07) is 5.41. The van der Waals surface area contributed by atoms with Gasteiger partial charge in [-0.15, -0.1) is 0 Å². The molecule has 0 N–H and O–H groups in total. The van der Waals surface area contributed by atoms with E-state index in [2.05, 4.69) is 5.10 Å². The van der Waals surface area contributed by atoms with Crippen molar-refractivity contribution in [1.29, 1.82) is 0 Å². The van der Waals surface area contributed by atoms with Crippen LogP contribution in [0.2, 0.25) is 5.02 Å². The molecule has 0 bridgehead atoms. The smallest absolute Gasteiger partial charge is 0.236 e. The van der Waals surface area contributed by atoms with E-state index in [4.69, 9.17) is 22.3 Å². The topological polar surface area (TPSA) is 52.0 Å². The second-order valence-electron chi connectivity index (χ2n) is 4.28. The molecule has 0 spiro atoms. The molecule has 1 heterocycles. The molecule has 0 aliphatic carbocycles. The number of nitrogens with zero attached hydrogens (tertiary/aromatic N) is 2. The van der Waals surface area contributed by atoms with E-state index >= 15 is 0 Å². The fraction of sp³-hybridized carbons (Fsp3) is 0.250. The second kappa shape index (κ2) is 4.81. The van der Waals surface area contributed by atoms with Crippen molar-refractivity contribution in [3.63, 3.8) is 0 Å². The van der Waals surface area contributed by atoms with E-state index in [1.165, 1.54) is 4.68 Å². The van der Waals surface area contributed by atoms with Gasteiger partial charge in [0.2, 0.25) is 0 Å². The van der Waals surface area contributed by atoms with Crippen molar-refractivity contribution in [2.75, 3.05) is 0 Å². The van der Waals surface area contributed by atoms with E-state index in [9.17, 15) is 8.42 Å². The first-order chi connectivity index (χ1) is 8.71. The lowest BCUT2D eigenvalue weighted by Gasteiger charge is -2.06. The summed E-state index contributed by atoms with van der Waals surface area (Å²) in [7, 11) is 1.61. The van der Waals surface area contributed by atoms with Crippen molar-refractivity contribution in [3.8, 4) is 5.69 Å². The summed E-state index contributed by atoms with van der Waals surface area (Å²) in [6.07, 6.45) is 0. The van der Waals surface area contributed by atoms with Crippen molar-refractivity contribution < 1.29 is 8.42 Å². The molecule has 2 aromatic rings. The molecule has 1 aromatic carbocycles. The number of aromatic nitrogens is 2. The standard InChI is InChI=1S/C12H12Cl2N2O2S/c1-7-4-5-10(6-11(7)13)16-9(3)12(8(2)15-16)19(14,17)18/h4-6H,1-3H3. The number of aryl methyl sites for hydroxylation is 2. The monoisotopic (exact) mass is 318 g/mol. The summed E-state index contributed by atoms with van der Waals surface area (Å²) in [5, 5.41) is 4.81. The van der Waals surface area contributed by atoms with Crippen molar-refractivity contribution in [3.05, 3.63) is 40.2 Å². The van der Waals surface area contributed by atoms with E-state index in [0.717, 1.165) is 5.56 Å². The molecule has 0 saturated carbocycles. The maximum atomic E-state index is 11.5. The summed E-state index contributed by atoms with van der Waals surface area (Å²) in [5.41, 5.74) is 2.47. The lowest BCUT2D eigenvalue weighted by molar-refractivity contribution is 0.608. The molecule has 0 amide bonds. The number of benzene rings is 1. The Morgan fingerprint density at radius 2 is 1.84 bits per heavy atom. The molecule has 2 rings (SSSR count). The minimum atomic E-state index is -3.81. The maximum Gasteiger partial charge on any atom is 0.264 e. The molecule has 0 aliphatic rings. The van der Waals surface area contributed by atoms with E-state index < -0.39 is 9.05 Å². The normalized spacial score (nSPS) is 11.8. The SMILES string of the molecule is Cc1ccc(-n2nc(C)c(S(=O)(=O)Cl)c2C)cc1Cl.